The Bertz CT molecular complexity index is 779. The molecule has 1 aliphatic rings. The highest BCUT2D eigenvalue weighted by atomic mass is 16.1. The zero-order valence-electron chi connectivity index (χ0n) is 13.8. The number of anilines is 1. The Balaban J connectivity index is 1.64. The Morgan fingerprint density at radius 3 is 2.79 bits per heavy atom. The van der Waals surface area contributed by atoms with E-state index in [0.717, 1.165) is 18.8 Å². The fraction of sp³-hybridized carbons (Fsp3) is 0.389. The molecule has 0 saturated carbocycles. The van der Waals surface area contributed by atoms with Crippen LogP contribution in [0, 0.1) is 6.92 Å². The first kappa shape index (κ1) is 16.2. The third-order valence-electron chi connectivity index (χ3n) is 4.18. The molecule has 2 N–H and O–H groups in total. The number of aromatic nitrogens is 2. The smallest absolute Gasteiger partial charge is 0.253 e. The third kappa shape index (κ3) is 3.82. The molecule has 1 aromatic heterocycles. The van der Waals surface area contributed by atoms with Gasteiger partial charge in [0.25, 0.3) is 11.5 Å². The molecule has 0 bridgehead atoms. The largest absolute Gasteiger partial charge is 0.371 e. The molecule has 1 aromatic carbocycles. The number of aryl methyl sites for hydroxylation is 1. The fourth-order valence-corrected chi connectivity index (χ4v) is 3.07. The Morgan fingerprint density at radius 2 is 2.04 bits per heavy atom. The van der Waals surface area contributed by atoms with Gasteiger partial charge in [-0.15, -0.1) is 0 Å². The van der Waals surface area contributed by atoms with Crippen molar-refractivity contribution in [3.63, 3.8) is 0 Å². The van der Waals surface area contributed by atoms with E-state index in [1.54, 1.807) is 6.92 Å². The molecular weight excluding hydrogens is 304 g/mol. The van der Waals surface area contributed by atoms with Crippen LogP contribution in [0.25, 0.3) is 0 Å². The summed E-state index contributed by atoms with van der Waals surface area (Å²) >= 11 is 0. The molecule has 6 heteroatoms. The first-order valence-electron chi connectivity index (χ1n) is 8.32. The van der Waals surface area contributed by atoms with Gasteiger partial charge in [-0.3, -0.25) is 9.59 Å². The maximum Gasteiger partial charge on any atom is 0.253 e. The van der Waals surface area contributed by atoms with Gasteiger partial charge in [0.05, 0.1) is 5.56 Å². The molecule has 1 saturated heterocycles. The highest BCUT2D eigenvalue weighted by Gasteiger charge is 2.18. The van der Waals surface area contributed by atoms with Crippen LogP contribution < -0.4 is 15.8 Å². The van der Waals surface area contributed by atoms with Crippen LogP contribution in [0.15, 0.2) is 35.1 Å². The van der Waals surface area contributed by atoms with Gasteiger partial charge < -0.3 is 15.2 Å². The summed E-state index contributed by atoms with van der Waals surface area (Å²) in [4.78, 5) is 33.1. The van der Waals surface area contributed by atoms with E-state index >= 15 is 0 Å². The van der Waals surface area contributed by atoms with Gasteiger partial charge in [0.15, 0.2) is 0 Å². The normalized spacial score (nSPS) is 14.0. The third-order valence-corrected chi connectivity index (χ3v) is 4.18. The number of H-pyrrole nitrogens is 1. The Morgan fingerprint density at radius 1 is 1.29 bits per heavy atom. The van der Waals surface area contributed by atoms with Crippen molar-refractivity contribution in [2.45, 2.75) is 26.2 Å². The number of carbonyl (C=O) groups excluding carboxylic acids is 1. The van der Waals surface area contributed by atoms with E-state index in [0.29, 0.717) is 30.0 Å². The lowest BCUT2D eigenvalue weighted by Crippen LogP contribution is -2.29. The Labute approximate surface area is 140 Å². The molecule has 126 valence electrons. The lowest BCUT2D eigenvalue weighted by molar-refractivity contribution is 0.0954. The van der Waals surface area contributed by atoms with Gasteiger partial charge in [0.1, 0.15) is 5.82 Å². The number of aromatic amines is 1. The van der Waals surface area contributed by atoms with Gasteiger partial charge in [0, 0.05) is 43.5 Å². The number of benzene rings is 1. The summed E-state index contributed by atoms with van der Waals surface area (Å²) in [5.74, 6) is 0.502. The average Bonchev–Trinajstić information content (AvgIpc) is 3.08. The zero-order valence-corrected chi connectivity index (χ0v) is 13.8. The van der Waals surface area contributed by atoms with Gasteiger partial charge in [-0.2, -0.15) is 0 Å². The quantitative estimate of drug-likeness (QED) is 0.876. The maximum absolute atomic E-state index is 12.5. The van der Waals surface area contributed by atoms with Crippen molar-refractivity contribution in [1.82, 2.24) is 15.3 Å². The van der Waals surface area contributed by atoms with Crippen LogP contribution >= 0.6 is 0 Å². The van der Waals surface area contributed by atoms with E-state index in [1.165, 1.54) is 18.9 Å². The van der Waals surface area contributed by atoms with Crippen LogP contribution in [-0.2, 0) is 6.42 Å². The van der Waals surface area contributed by atoms with Crippen molar-refractivity contribution in [3.8, 4) is 0 Å². The predicted octanol–water partition coefficient (Wildman–Crippen LogP) is 1.65. The number of nitrogens with one attached hydrogen (secondary N) is 2. The van der Waals surface area contributed by atoms with Gasteiger partial charge in [-0.05, 0) is 31.9 Å². The minimum atomic E-state index is -0.164. The molecule has 1 amide bonds. The summed E-state index contributed by atoms with van der Waals surface area (Å²) in [7, 11) is 0. The van der Waals surface area contributed by atoms with E-state index in [4.69, 9.17) is 0 Å². The fourth-order valence-electron chi connectivity index (χ4n) is 3.07. The summed E-state index contributed by atoms with van der Waals surface area (Å²) in [5.41, 5.74) is 2.22. The number of rotatable bonds is 5. The van der Waals surface area contributed by atoms with E-state index in [-0.39, 0.29) is 11.5 Å². The molecule has 2 aromatic rings. The monoisotopic (exact) mass is 326 g/mol. The van der Waals surface area contributed by atoms with Gasteiger partial charge in [-0.1, -0.05) is 12.1 Å². The standard InChI is InChI=1S/C18H22N4O2/c1-13-20-14(12-17(23)21-13)8-9-19-18(24)15-6-2-3-7-16(15)22-10-4-5-11-22/h2-3,6-7,12H,4-5,8-11H2,1H3,(H,19,24)(H,20,21,23). The van der Waals surface area contributed by atoms with Crippen LogP contribution in [0.4, 0.5) is 5.69 Å². The van der Waals surface area contributed by atoms with Crippen molar-refractivity contribution in [3.05, 3.63) is 57.8 Å². The number of hydrogen-bond acceptors (Lipinski definition) is 4. The van der Waals surface area contributed by atoms with E-state index in [2.05, 4.69) is 20.2 Å². The number of para-hydroxylation sites is 1. The molecule has 1 aliphatic heterocycles. The van der Waals surface area contributed by atoms with E-state index in [1.807, 2.05) is 24.3 Å². The topological polar surface area (TPSA) is 78.1 Å². The molecule has 24 heavy (non-hydrogen) atoms. The molecule has 0 unspecified atom stereocenters. The first-order chi connectivity index (χ1) is 11.6. The number of amides is 1. The minimum absolute atomic E-state index is 0.0842. The number of hydrogen-bond donors (Lipinski definition) is 2. The molecule has 3 rings (SSSR count). The van der Waals surface area contributed by atoms with E-state index < -0.39 is 0 Å². The second-order valence-corrected chi connectivity index (χ2v) is 6.04. The Kier molecular flexibility index (Phi) is 4.93. The van der Waals surface area contributed by atoms with E-state index in [9.17, 15) is 9.59 Å². The van der Waals surface area contributed by atoms with Crippen molar-refractivity contribution < 1.29 is 4.79 Å². The molecule has 0 radical (unpaired) electrons. The lowest BCUT2D eigenvalue weighted by atomic mass is 10.1. The summed E-state index contributed by atoms with van der Waals surface area (Å²) in [6, 6.07) is 9.18. The summed E-state index contributed by atoms with van der Waals surface area (Å²) < 4.78 is 0. The molecule has 6 nitrogen and oxygen atoms in total. The Hall–Kier alpha value is -2.63. The zero-order chi connectivity index (χ0) is 16.9. The molecule has 0 aliphatic carbocycles. The average molecular weight is 326 g/mol. The van der Waals surface area contributed by atoms with Crippen molar-refractivity contribution in [1.29, 1.82) is 0 Å². The molecule has 1 fully saturated rings. The number of nitrogens with zero attached hydrogens (tertiary/aromatic N) is 2. The van der Waals surface area contributed by atoms with Crippen molar-refractivity contribution >= 4 is 11.6 Å². The summed E-state index contributed by atoms with van der Waals surface area (Å²) in [6.07, 6.45) is 2.87. The summed E-state index contributed by atoms with van der Waals surface area (Å²) in [5, 5.41) is 2.93. The predicted molar refractivity (Wildman–Crippen MR) is 93.5 cm³/mol. The summed E-state index contributed by atoms with van der Waals surface area (Å²) in [6.45, 7) is 4.19. The van der Waals surface area contributed by atoms with Gasteiger partial charge >= 0.3 is 0 Å². The minimum Gasteiger partial charge on any atom is -0.371 e. The van der Waals surface area contributed by atoms with Crippen LogP contribution in [0.5, 0.6) is 0 Å². The number of carbonyl (C=O) groups is 1. The van der Waals surface area contributed by atoms with Crippen molar-refractivity contribution in [2.24, 2.45) is 0 Å². The SMILES string of the molecule is Cc1nc(CCNC(=O)c2ccccc2N2CCCC2)cc(=O)[nH]1. The second kappa shape index (κ2) is 7.29. The van der Waals surface area contributed by atoms with Gasteiger partial charge in [-0.25, -0.2) is 4.98 Å². The van der Waals surface area contributed by atoms with Crippen molar-refractivity contribution in [2.75, 3.05) is 24.5 Å². The molecular formula is C18H22N4O2. The first-order valence-corrected chi connectivity index (χ1v) is 8.32. The molecule has 0 spiro atoms. The van der Waals surface area contributed by atoms with Gasteiger partial charge in [0.2, 0.25) is 0 Å². The molecule has 2 heterocycles. The van der Waals surface area contributed by atoms with Crippen LogP contribution in [0.3, 0.4) is 0 Å². The lowest BCUT2D eigenvalue weighted by Gasteiger charge is -2.20. The highest BCUT2D eigenvalue weighted by Crippen LogP contribution is 2.24. The van der Waals surface area contributed by atoms with Crippen LogP contribution in [0.1, 0.15) is 34.7 Å². The molecule has 0 atom stereocenters. The van der Waals surface area contributed by atoms with Crippen LogP contribution in [-0.4, -0.2) is 35.5 Å². The maximum atomic E-state index is 12.5. The second-order valence-electron chi connectivity index (χ2n) is 6.04. The van der Waals surface area contributed by atoms with Crippen LogP contribution in [0.2, 0.25) is 0 Å². The highest BCUT2D eigenvalue weighted by molar-refractivity contribution is 5.99.